The maximum atomic E-state index is 5.60. The van der Waals surface area contributed by atoms with Crippen LogP contribution in [0.25, 0.3) is 11.5 Å². The summed E-state index contributed by atoms with van der Waals surface area (Å²) >= 11 is 0. The summed E-state index contributed by atoms with van der Waals surface area (Å²) in [5.74, 6) is 2.15. The number of hydrogen-bond donors (Lipinski definition) is 1. The second-order valence-corrected chi connectivity index (χ2v) is 5.25. The van der Waals surface area contributed by atoms with Crippen molar-refractivity contribution in [3.05, 3.63) is 54.4 Å². The van der Waals surface area contributed by atoms with Crippen LogP contribution in [0.4, 0.5) is 17.3 Å². The van der Waals surface area contributed by atoms with Crippen LogP contribution in [-0.2, 0) is 0 Å². The van der Waals surface area contributed by atoms with Crippen LogP contribution in [0.1, 0.15) is 5.76 Å². The number of furan rings is 1. The van der Waals surface area contributed by atoms with Crippen LogP contribution < -0.4 is 10.2 Å². The molecule has 1 aromatic carbocycles. The van der Waals surface area contributed by atoms with Crippen molar-refractivity contribution < 1.29 is 4.42 Å². The Balaban J connectivity index is 1.85. The van der Waals surface area contributed by atoms with E-state index in [9.17, 15) is 0 Å². The number of rotatable bonds is 4. The Kier molecular flexibility index (Phi) is 3.78. The topological polar surface area (TPSA) is 54.2 Å². The van der Waals surface area contributed by atoms with E-state index in [1.165, 1.54) is 0 Å². The highest BCUT2D eigenvalue weighted by atomic mass is 16.3. The molecule has 0 aliphatic carbocycles. The molecule has 5 heteroatoms. The molecule has 22 heavy (non-hydrogen) atoms. The lowest BCUT2D eigenvalue weighted by molar-refractivity contribution is 0.546. The Morgan fingerprint density at radius 1 is 1.09 bits per heavy atom. The van der Waals surface area contributed by atoms with E-state index in [0.29, 0.717) is 5.95 Å². The van der Waals surface area contributed by atoms with E-state index in [1.807, 2.05) is 68.4 Å². The number of nitrogens with zero attached hydrogens (tertiary/aromatic N) is 3. The van der Waals surface area contributed by atoms with Gasteiger partial charge in [0.1, 0.15) is 11.5 Å². The molecule has 5 nitrogen and oxygen atoms in total. The van der Waals surface area contributed by atoms with Gasteiger partial charge in [0.25, 0.3) is 0 Å². The van der Waals surface area contributed by atoms with Crippen molar-refractivity contribution in [2.45, 2.75) is 6.92 Å². The fraction of sp³-hybridized carbons (Fsp3) is 0.176. The molecule has 0 bridgehead atoms. The molecule has 2 heterocycles. The van der Waals surface area contributed by atoms with Crippen LogP contribution in [0.15, 0.2) is 53.1 Å². The number of anilines is 3. The molecule has 1 N–H and O–H groups in total. The molecule has 0 atom stereocenters. The van der Waals surface area contributed by atoms with Crippen molar-refractivity contribution in [2.24, 2.45) is 0 Å². The standard InChI is InChI=1S/C17H18N4O/c1-12-7-8-16(22-12)15-9-10-18-17(20-15)19-13-5-4-6-14(11-13)21(2)3/h4-11H,1-3H3,(H,18,19,20). The van der Waals surface area contributed by atoms with Crippen LogP contribution in [0.2, 0.25) is 0 Å². The third-order valence-electron chi connectivity index (χ3n) is 3.27. The highest BCUT2D eigenvalue weighted by Crippen LogP contribution is 2.23. The predicted octanol–water partition coefficient (Wildman–Crippen LogP) is 3.85. The Bertz CT molecular complexity index is 780. The van der Waals surface area contributed by atoms with Crippen LogP contribution in [0.3, 0.4) is 0 Å². The first-order valence-electron chi connectivity index (χ1n) is 7.06. The molecule has 0 spiro atoms. The Labute approximate surface area is 129 Å². The van der Waals surface area contributed by atoms with Crippen molar-refractivity contribution in [3.63, 3.8) is 0 Å². The minimum Gasteiger partial charge on any atom is -0.460 e. The van der Waals surface area contributed by atoms with Crippen LogP contribution >= 0.6 is 0 Å². The molecule has 0 fully saturated rings. The monoisotopic (exact) mass is 294 g/mol. The van der Waals surface area contributed by atoms with E-state index in [0.717, 1.165) is 28.6 Å². The molecule has 0 unspecified atom stereocenters. The summed E-state index contributed by atoms with van der Waals surface area (Å²) in [5.41, 5.74) is 2.82. The van der Waals surface area contributed by atoms with Gasteiger partial charge >= 0.3 is 0 Å². The van der Waals surface area contributed by atoms with Gasteiger partial charge in [-0.25, -0.2) is 9.97 Å². The van der Waals surface area contributed by atoms with E-state index >= 15 is 0 Å². The molecule has 0 aliphatic heterocycles. The molecule has 3 aromatic rings. The quantitative estimate of drug-likeness (QED) is 0.792. The molecule has 0 aliphatic rings. The molecule has 112 valence electrons. The van der Waals surface area contributed by atoms with E-state index in [1.54, 1.807) is 6.20 Å². The summed E-state index contributed by atoms with van der Waals surface area (Å²) in [6.45, 7) is 1.91. The summed E-state index contributed by atoms with van der Waals surface area (Å²) < 4.78 is 5.60. The van der Waals surface area contributed by atoms with Gasteiger partial charge in [-0.05, 0) is 43.3 Å². The molecular weight excluding hydrogens is 276 g/mol. The maximum absolute atomic E-state index is 5.60. The molecule has 3 rings (SSSR count). The van der Waals surface area contributed by atoms with E-state index in [-0.39, 0.29) is 0 Å². The highest BCUT2D eigenvalue weighted by Gasteiger charge is 2.06. The second kappa shape index (κ2) is 5.89. The van der Waals surface area contributed by atoms with Crippen molar-refractivity contribution in [2.75, 3.05) is 24.3 Å². The molecule has 0 saturated heterocycles. The second-order valence-electron chi connectivity index (χ2n) is 5.25. The van der Waals surface area contributed by atoms with Crippen LogP contribution in [0.5, 0.6) is 0 Å². The number of aromatic nitrogens is 2. The molecule has 2 aromatic heterocycles. The first-order valence-corrected chi connectivity index (χ1v) is 7.06. The third-order valence-corrected chi connectivity index (χ3v) is 3.27. The summed E-state index contributed by atoms with van der Waals surface area (Å²) in [6, 6.07) is 13.7. The van der Waals surface area contributed by atoms with Gasteiger partial charge in [0, 0.05) is 31.7 Å². The number of hydrogen-bond acceptors (Lipinski definition) is 5. The van der Waals surface area contributed by atoms with Crippen molar-refractivity contribution in [1.82, 2.24) is 9.97 Å². The lowest BCUT2D eigenvalue weighted by Gasteiger charge is -2.14. The molecular formula is C17H18N4O. The highest BCUT2D eigenvalue weighted by molar-refractivity contribution is 5.63. The van der Waals surface area contributed by atoms with Gasteiger partial charge in [0.15, 0.2) is 5.76 Å². The van der Waals surface area contributed by atoms with Crippen LogP contribution in [-0.4, -0.2) is 24.1 Å². The van der Waals surface area contributed by atoms with Gasteiger partial charge in [-0.1, -0.05) is 6.07 Å². The molecule has 0 radical (unpaired) electrons. The zero-order valence-electron chi connectivity index (χ0n) is 12.9. The minimum absolute atomic E-state index is 0.544. The lowest BCUT2D eigenvalue weighted by Crippen LogP contribution is -2.08. The first-order chi connectivity index (χ1) is 10.6. The zero-order chi connectivity index (χ0) is 15.5. The van der Waals surface area contributed by atoms with Gasteiger partial charge in [-0.2, -0.15) is 0 Å². The van der Waals surface area contributed by atoms with E-state index < -0.39 is 0 Å². The SMILES string of the molecule is Cc1ccc(-c2ccnc(Nc3cccc(N(C)C)c3)n2)o1. The average Bonchev–Trinajstić information content (AvgIpc) is 2.94. The van der Waals surface area contributed by atoms with E-state index in [2.05, 4.69) is 15.3 Å². The van der Waals surface area contributed by atoms with Gasteiger partial charge in [-0.3, -0.25) is 0 Å². The van der Waals surface area contributed by atoms with Gasteiger partial charge < -0.3 is 14.6 Å². The summed E-state index contributed by atoms with van der Waals surface area (Å²) in [6.07, 6.45) is 1.72. The fourth-order valence-electron chi connectivity index (χ4n) is 2.12. The number of aryl methyl sites for hydroxylation is 1. The summed E-state index contributed by atoms with van der Waals surface area (Å²) in [4.78, 5) is 10.8. The Morgan fingerprint density at radius 2 is 1.95 bits per heavy atom. The van der Waals surface area contributed by atoms with Crippen LogP contribution in [0, 0.1) is 6.92 Å². The Morgan fingerprint density at radius 3 is 2.68 bits per heavy atom. The third kappa shape index (κ3) is 3.09. The summed E-state index contributed by atoms with van der Waals surface area (Å²) in [5, 5.41) is 3.23. The van der Waals surface area contributed by atoms with Crippen molar-refractivity contribution in [3.8, 4) is 11.5 Å². The first kappa shape index (κ1) is 14.1. The smallest absolute Gasteiger partial charge is 0.227 e. The van der Waals surface area contributed by atoms with E-state index in [4.69, 9.17) is 4.42 Å². The maximum Gasteiger partial charge on any atom is 0.227 e. The normalized spacial score (nSPS) is 10.5. The van der Waals surface area contributed by atoms with Crippen molar-refractivity contribution >= 4 is 17.3 Å². The zero-order valence-corrected chi connectivity index (χ0v) is 12.9. The Hall–Kier alpha value is -2.82. The minimum atomic E-state index is 0.544. The molecule has 0 saturated carbocycles. The number of nitrogens with one attached hydrogen (secondary N) is 1. The van der Waals surface area contributed by atoms with Crippen molar-refractivity contribution in [1.29, 1.82) is 0 Å². The largest absolute Gasteiger partial charge is 0.460 e. The number of benzene rings is 1. The average molecular weight is 294 g/mol. The summed E-state index contributed by atoms with van der Waals surface area (Å²) in [7, 11) is 4.02. The van der Waals surface area contributed by atoms with Gasteiger partial charge in [0.05, 0.1) is 0 Å². The predicted molar refractivity (Wildman–Crippen MR) is 88.5 cm³/mol. The van der Waals surface area contributed by atoms with Gasteiger partial charge in [-0.15, -0.1) is 0 Å². The fourth-order valence-corrected chi connectivity index (χ4v) is 2.12. The lowest BCUT2D eigenvalue weighted by atomic mass is 10.2. The van der Waals surface area contributed by atoms with Gasteiger partial charge in [0.2, 0.25) is 5.95 Å². The molecule has 0 amide bonds.